The number of rotatable bonds is 11. The first kappa shape index (κ1) is 23.6. The Balaban J connectivity index is 1.94. The van der Waals surface area contributed by atoms with Gasteiger partial charge in [-0.05, 0) is 49.6 Å². The van der Waals surface area contributed by atoms with Gasteiger partial charge in [-0.25, -0.2) is 9.18 Å². The molecule has 0 saturated heterocycles. The third-order valence-electron chi connectivity index (χ3n) is 5.72. The van der Waals surface area contributed by atoms with Gasteiger partial charge < -0.3 is 5.11 Å². The number of pyridine rings is 1. The predicted octanol–water partition coefficient (Wildman–Crippen LogP) is 6.62. The molecule has 0 bridgehead atoms. The average molecular weight is 441 g/mol. The Kier molecular flexibility index (Phi) is 8.09. The summed E-state index contributed by atoms with van der Waals surface area (Å²) in [6.07, 6.45) is 10.0. The molecule has 0 aliphatic heterocycles. The summed E-state index contributed by atoms with van der Waals surface area (Å²) in [7, 11) is 0. The molecule has 32 heavy (non-hydrogen) atoms. The van der Waals surface area contributed by atoms with Gasteiger partial charge in [-0.15, -0.1) is 0 Å². The SMILES string of the molecule is CCCCCCCN(C(=O)O)c1ccc2c(c1)c(C)cn2N(CCC)c1ccncc1F. The Morgan fingerprint density at radius 3 is 2.56 bits per heavy atom. The van der Waals surface area contributed by atoms with Gasteiger partial charge in [0.1, 0.15) is 0 Å². The number of fused-ring (bicyclic) bond motifs is 1. The van der Waals surface area contributed by atoms with E-state index in [0.29, 0.717) is 24.5 Å². The number of carboxylic acid groups (broad SMARTS) is 1. The topological polar surface area (TPSA) is 61.6 Å². The van der Waals surface area contributed by atoms with Crippen molar-refractivity contribution >= 4 is 28.4 Å². The molecule has 0 aliphatic rings. The number of amides is 1. The zero-order valence-corrected chi connectivity index (χ0v) is 19.2. The van der Waals surface area contributed by atoms with Gasteiger partial charge in [0.25, 0.3) is 0 Å². The molecule has 1 amide bonds. The monoisotopic (exact) mass is 440 g/mol. The molecular formula is C25H33FN4O2. The lowest BCUT2D eigenvalue weighted by atomic mass is 10.1. The van der Waals surface area contributed by atoms with Crippen LogP contribution in [-0.4, -0.2) is 33.9 Å². The Bertz CT molecular complexity index is 1050. The van der Waals surface area contributed by atoms with Crippen molar-refractivity contribution in [2.75, 3.05) is 23.0 Å². The summed E-state index contributed by atoms with van der Waals surface area (Å²) >= 11 is 0. The van der Waals surface area contributed by atoms with Crippen molar-refractivity contribution in [1.29, 1.82) is 0 Å². The summed E-state index contributed by atoms with van der Waals surface area (Å²) in [5.41, 5.74) is 3.04. The van der Waals surface area contributed by atoms with Gasteiger partial charge in [0.2, 0.25) is 0 Å². The van der Waals surface area contributed by atoms with Gasteiger partial charge in [-0.2, -0.15) is 0 Å². The number of benzene rings is 1. The first-order valence-electron chi connectivity index (χ1n) is 11.5. The smallest absolute Gasteiger partial charge is 0.411 e. The van der Waals surface area contributed by atoms with E-state index in [9.17, 15) is 14.3 Å². The number of nitrogens with zero attached hydrogens (tertiary/aromatic N) is 4. The van der Waals surface area contributed by atoms with Crippen LogP contribution >= 0.6 is 0 Å². The maximum Gasteiger partial charge on any atom is 0.411 e. The highest BCUT2D eigenvalue weighted by Gasteiger charge is 2.19. The van der Waals surface area contributed by atoms with Crippen molar-refractivity contribution in [3.63, 3.8) is 0 Å². The molecule has 0 unspecified atom stereocenters. The van der Waals surface area contributed by atoms with E-state index < -0.39 is 6.09 Å². The average Bonchev–Trinajstić information content (AvgIpc) is 3.10. The molecule has 0 fully saturated rings. The number of aromatic nitrogens is 2. The molecule has 6 nitrogen and oxygen atoms in total. The molecule has 0 saturated carbocycles. The molecule has 1 aromatic carbocycles. The normalized spacial score (nSPS) is 11.1. The largest absolute Gasteiger partial charge is 0.465 e. The number of hydrogen-bond donors (Lipinski definition) is 1. The van der Waals surface area contributed by atoms with Crippen LogP contribution in [0.25, 0.3) is 10.9 Å². The molecule has 3 aromatic rings. The Hall–Kier alpha value is -3.09. The molecule has 0 radical (unpaired) electrons. The highest BCUT2D eigenvalue weighted by molar-refractivity contribution is 5.93. The van der Waals surface area contributed by atoms with Gasteiger partial charge in [0.05, 0.1) is 17.4 Å². The van der Waals surface area contributed by atoms with Gasteiger partial charge in [0, 0.05) is 36.6 Å². The molecule has 3 rings (SSSR count). The zero-order valence-electron chi connectivity index (χ0n) is 19.2. The van der Waals surface area contributed by atoms with Gasteiger partial charge >= 0.3 is 6.09 Å². The minimum atomic E-state index is -0.941. The number of anilines is 2. The molecule has 2 heterocycles. The van der Waals surface area contributed by atoms with Crippen LogP contribution < -0.4 is 9.91 Å². The quantitative estimate of drug-likeness (QED) is 0.340. The minimum Gasteiger partial charge on any atom is -0.465 e. The predicted molar refractivity (Wildman–Crippen MR) is 128 cm³/mol. The number of carbonyl (C=O) groups is 1. The lowest BCUT2D eigenvalue weighted by molar-refractivity contribution is 0.201. The summed E-state index contributed by atoms with van der Waals surface area (Å²) < 4.78 is 16.5. The van der Waals surface area contributed by atoms with Crippen molar-refractivity contribution in [3.8, 4) is 0 Å². The third kappa shape index (κ3) is 5.21. The zero-order chi connectivity index (χ0) is 23.1. The Morgan fingerprint density at radius 2 is 1.88 bits per heavy atom. The van der Waals surface area contributed by atoms with Crippen molar-refractivity contribution in [2.24, 2.45) is 0 Å². The molecule has 172 valence electrons. The Labute approximate surface area is 189 Å². The van der Waals surface area contributed by atoms with Crippen LogP contribution in [-0.2, 0) is 0 Å². The Morgan fingerprint density at radius 1 is 1.09 bits per heavy atom. The van der Waals surface area contributed by atoms with Crippen LogP contribution in [0.2, 0.25) is 0 Å². The maximum atomic E-state index is 14.5. The van der Waals surface area contributed by atoms with Gasteiger partial charge in [0.15, 0.2) is 5.82 Å². The summed E-state index contributed by atoms with van der Waals surface area (Å²) in [4.78, 5) is 17.2. The summed E-state index contributed by atoms with van der Waals surface area (Å²) in [6.45, 7) is 7.32. The number of aryl methyl sites for hydroxylation is 1. The standard InChI is InChI=1S/C25H33FN4O2/c1-4-6-7-8-9-15-28(25(31)32)20-10-11-23-21(16-20)19(3)18-30(23)29(14-5-2)24-12-13-27-17-22(24)26/h10-13,16-18H,4-9,14-15H2,1-3H3,(H,31,32). The van der Waals surface area contributed by atoms with E-state index in [1.165, 1.54) is 17.5 Å². The first-order valence-corrected chi connectivity index (χ1v) is 11.5. The minimum absolute atomic E-state index is 0.378. The third-order valence-corrected chi connectivity index (χ3v) is 5.72. The molecule has 7 heteroatoms. The van der Waals surface area contributed by atoms with E-state index in [0.717, 1.165) is 48.6 Å². The summed E-state index contributed by atoms with van der Waals surface area (Å²) in [5, 5.41) is 12.6. The van der Waals surface area contributed by atoms with Crippen LogP contribution in [0.5, 0.6) is 0 Å². The van der Waals surface area contributed by atoms with E-state index >= 15 is 0 Å². The first-order chi connectivity index (χ1) is 15.5. The molecule has 1 N–H and O–H groups in total. The lowest BCUT2D eigenvalue weighted by Gasteiger charge is -2.27. The van der Waals surface area contributed by atoms with Crippen molar-refractivity contribution in [2.45, 2.75) is 59.3 Å². The number of halogens is 1. The molecule has 0 spiro atoms. The van der Waals surface area contributed by atoms with E-state index in [4.69, 9.17) is 0 Å². The van der Waals surface area contributed by atoms with Crippen LogP contribution in [0.4, 0.5) is 20.6 Å². The fourth-order valence-corrected chi connectivity index (χ4v) is 4.07. The van der Waals surface area contributed by atoms with Gasteiger partial charge in [-0.1, -0.05) is 39.5 Å². The number of unbranched alkanes of at least 4 members (excludes halogenated alkanes) is 4. The summed E-state index contributed by atoms with van der Waals surface area (Å²) in [6, 6.07) is 7.36. The van der Waals surface area contributed by atoms with E-state index in [1.54, 1.807) is 12.3 Å². The molecular weight excluding hydrogens is 407 g/mol. The second-order valence-electron chi connectivity index (χ2n) is 8.16. The second kappa shape index (κ2) is 11.0. The lowest BCUT2D eigenvalue weighted by Crippen LogP contribution is -2.31. The molecule has 0 aliphatic carbocycles. The van der Waals surface area contributed by atoms with Crippen LogP contribution in [0.1, 0.15) is 57.9 Å². The second-order valence-corrected chi connectivity index (χ2v) is 8.16. The van der Waals surface area contributed by atoms with Crippen LogP contribution in [0.3, 0.4) is 0 Å². The maximum absolute atomic E-state index is 14.5. The summed E-state index contributed by atoms with van der Waals surface area (Å²) in [5.74, 6) is -0.378. The molecule has 0 atom stereocenters. The molecule has 2 aromatic heterocycles. The van der Waals surface area contributed by atoms with Crippen molar-refractivity contribution < 1.29 is 14.3 Å². The van der Waals surface area contributed by atoms with E-state index in [2.05, 4.69) is 11.9 Å². The van der Waals surface area contributed by atoms with Crippen molar-refractivity contribution in [3.05, 3.63) is 54.2 Å². The fourth-order valence-electron chi connectivity index (χ4n) is 4.07. The number of hydrogen-bond acceptors (Lipinski definition) is 3. The van der Waals surface area contributed by atoms with E-state index in [-0.39, 0.29) is 5.82 Å². The highest BCUT2D eigenvalue weighted by Crippen LogP contribution is 2.30. The van der Waals surface area contributed by atoms with Crippen molar-refractivity contribution in [1.82, 2.24) is 9.66 Å². The van der Waals surface area contributed by atoms with Gasteiger partial charge in [-0.3, -0.25) is 19.6 Å². The highest BCUT2D eigenvalue weighted by atomic mass is 19.1. The van der Waals surface area contributed by atoms with Crippen LogP contribution in [0.15, 0.2) is 42.9 Å². The van der Waals surface area contributed by atoms with Crippen LogP contribution in [0, 0.1) is 12.7 Å². The fraction of sp³-hybridized carbons (Fsp3) is 0.440. The van der Waals surface area contributed by atoms with E-state index in [1.807, 2.05) is 47.9 Å².